The first-order chi connectivity index (χ1) is 3.94. The standard InChI is InChI=1S/C2H2F3NO.C2H5.Zn/c3-2(4,5)1(6)7;1-2;/h(H2,6,7);1H2,2H3;/q;-1;+2/p-1. The van der Waals surface area contributed by atoms with E-state index in [1.807, 2.05) is 0 Å². The molecule has 10 heavy (non-hydrogen) atoms. The molecule has 0 aromatic heterocycles. The number of amides is 1. The number of hydrogen-bond donors (Lipinski definition) is 0. The van der Waals surface area contributed by atoms with Crippen molar-refractivity contribution in [3.05, 3.63) is 12.7 Å². The van der Waals surface area contributed by atoms with Gasteiger partial charge >= 0.3 is 25.7 Å². The van der Waals surface area contributed by atoms with Gasteiger partial charge in [0, 0.05) is 0 Å². The quantitative estimate of drug-likeness (QED) is 0.441. The molecule has 1 N–H and O–H groups in total. The summed E-state index contributed by atoms with van der Waals surface area (Å²) in [7, 11) is 0. The Morgan fingerprint density at radius 1 is 1.40 bits per heavy atom. The summed E-state index contributed by atoms with van der Waals surface area (Å²) in [5.41, 5.74) is 5.47. The van der Waals surface area contributed by atoms with Crippen LogP contribution >= 0.6 is 0 Å². The van der Waals surface area contributed by atoms with Gasteiger partial charge in [0.15, 0.2) is 5.91 Å². The average molecular weight is 206 g/mol. The van der Waals surface area contributed by atoms with E-state index < -0.39 is 12.1 Å². The Morgan fingerprint density at radius 3 is 1.50 bits per heavy atom. The minimum atomic E-state index is -4.97. The van der Waals surface area contributed by atoms with E-state index in [9.17, 15) is 13.2 Å². The molecular formula is C4H6F3NOZn. The molecule has 0 atom stereocenters. The minimum Gasteiger partial charge on any atom is -0.660 e. The van der Waals surface area contributed by atoms with Crippen LogP contribution in [0, 0.1) is 6.92 Å². The smallest absolute Gasteiger partial charge is 0.660 e. The second kappa shape index (κ2) is 7.00. The molecule has 0 aliphatic heterocycles. The van der Waals surface area contributed by atoms with Gasteiger partial charge in [-0.25, -0.2) is 0 Å². The molecule has 0 bridgehead atoms. The first kappa shape index (κ1) is 16.5. The van der Waals surface area contributed by atoms with E-state index in [2.05, 4.69) is 6.92 Å². The topological polar surface area (TPSA) is 40.9 Å². The van der Waals surface area contributed by atoms with Crippen molar-refractivity contribution >= 4 is 5.91 Å². The maximum Gasteiger partial charge on any atom is 2.00 e. The molecule has 56 valence electrons. The molecule has 6 heteroatoms. The van der Waals surface area contributed by atoms with Gasteiger partial charge in [-0.1, -0.05) is 0 Å². The first-order valence-electron chi connectivity index (χ1n) is 1.98. The fourth-order valence-corrected chi connectivity index (χ4v) is 0. The van der Waals surface area contributed by atoms with E-state index in [0.717, 1.165) is 0 Å². The van der Waals surface area contributed by atoms with Gasteiger partial charge < -0.3 is 17.5 Å². The molecule has 0 saturated heterocycles. The Labute approximate surface area is 69.7 Å². The molecule has 0 unspecified atom stereocenters. The summed E-state index contributed by atoms with van der Waals surface area (Å²) < 4.78 is 31.9. The third-order valence-corrected chi connectivity index (χ3v) is 0.257. The predicted molar refractivity (Wildman–Crippen MR) is 26.4 cm³/mol. The summed E-state index contributed by atoms with van der Waals surface area (Å²) in [4.78, 5) is 9.01. The van der Waals surface area contributed by atoms with Crippen molar-refractivity contribution in [1.29, 1.82) is 0 Å². The van der Waals surface area contributed by atoms with Gasteiger partial charge in [-0.3, -0.25) is 0 Å². The summed E-state index contributed by atoms with van der Waals surface area (Å²) in [6.45, 7) is 5.00. The maximum atomic E-state index is 10.6. The number of carbonyl (C=O) groups is 1. The van der Waals surface area contributed by atoms with E-state index in [1.54, 1.807) is 6.92 Å². The van der Waals surface area contributed by atoms with Crippen molar-refractivity contribution < 1.29 is 37.4 Å². The molecule has 2 nitrogen and oxygen atoms in total. The van der Waals surface area contributed by atoms with Crippen molar-refractivity contribution in [3.63, 3.8) is 0 Å². The van der Waals surface area contributed by atoms with Crippen LogP contribution in [0.25, 0.3) is 5.73 Å². The van der Waals surface area contributed by atoms with Crippen LogP contribution in [-0.4, -0.2) is 12.1 Å². The molecule has 0 aromatic rings. The molecule has 0 rings (SSSR count). The Morgan fingerprint density at radius 2 is 1.50 bits per heavy atom. The van der Waals surface area contributed by atoms with Gasteiger partial charge in [-0.15, -0.1) is 0 Å². The molecule has 0 aromatic carbocycles. The number of hydrogen-bond acceptors (Lipinski definition) is 1. The van der Waals surface area contributed by atoms with Crippen LogP contribution in [0.15, 0.2) is 0 Å². The van der Waals surface area contributed by atoms with Crippen LogP contribution < -0.4 is 0 Å². The molecule has 0 saturated carbocycles. The number of alkyl halides is 3. The van der Waals surface area contributed by atoms with Gasteiger partial charge in [0.1, 0.15) is 0 Å². The second-order valence-electron chi connectivity index (χ2n) is 0.827. The van der Waals surface area contributed by atoms with E-state index in [0.29, 0.717) is 0 Å². The van der Waals surface area contributed by atoms with E-state index in [-0.39, 0.29) is 19.5 Å². The summed E-state index contributed by atoms with van der Waals surface area (Å²) in [5.74, 6) is -2.51. The Hall–Kier alpha value is -0.117. The van der Waals surface area contributed by atoms with E-state index in [4.69, 9.17) is 10.5 Å². The zero-order chi connectivity index (χ0) is 8.08. The van der Waals surface area contributed by atoms with Crippen LogP contribution in [-0.2, 0) is 24.3 Å². The van der Waals surface area contributed by atoms with Crippen molar-refractivity contribution in [1.82, 2.24) is 0 Å². The number of carbonyl (C=O) groups excluding carboxylic acids is 1. The Balaban J connectivity index is -0.000000149. The van der Waals surface area contributed by atoms with Crippen LogP contribution in [0.5, 0.6) is 0 Å². The van der Waals surface area contributed by atoms with Gasteiger partial charge in [0.2, 0.25) is 0 Å². The number of nitrogens with one attached hydrogen (secondary N) is 1. The number of halogens is 3. The van der Waals surface area contributed by atoms with Crippen molar-refractivity contribution in [2.45, 2.75) is 13.1 Å². The third-order valence-electron chi connectivity index (χ3n) is 0.257. The summed E-state index contributed by atoms with van der Waals surface area (Å²) in [6, 6.07) is 0. The Kier molecular flexibility index (Phi) is 11.5. The van der Waals surface area contributed by atoms with Crippen LogP contribution in [0.1, 0.15) is 6.92 Å². The third kappa shape index (κ3) is 10.8. The van der Waals surface area contributed by atoms with Gasteiger partial charge in [0.25, 0.3) is 0 Å². The molecule has 0 heterocycles. The first-order valence-corrected chi connectivity index (χ1v) is 1.98. The number of rotatable bonds is 0. The molecule has 0 radical (unpaired) electrons. The maximum absolute atomic E-state index is 10.6. The average Bonchev–Trinajstić information content (AvgIpc) is 1.69. The Bertz CT molecular complexity index is 93.0. The van der Waals surface area contributed by atoms with Crippen LogP contribution in [0.3, 0.4) is 0 Å². The molecule has 0 spiro atoms. The predicted octanol–water partition coefficient (Wildman–Crippen LogP) is 1.97. The molecular weight excluding hydrogens is 200 g/mol. The summed E-state index contributed by atoms with van der Waals surface area (Å²) in [6.07, 6.45) is -4.97. The zero-order valence-electron chi connectivity index (χ0n) is 5.46. The second-order valence-corrected chi connectivity index (χ2v) is 0.827. The van der Waals surface area contributed by atoms with Crippen LogP contribution in [0.2, 0.25) is 0 Å². The molecule has 0 aliphatic carbocycles. The molecule has 1 amide bonds. The monoisotopic (exact) mass is 205 g/mol. The minimum absolute atomic E-state index is 0. The SMILES string of the molecule is [CH2-]C.[NH-]C(=O)C(F)(F)F.[Zn+2]. The summed E-state index contributed by atoms with van der Waals surface area (Å²) >= 11 is 0. The van der Waals surface area contributed by atoms with Gasteiger partial charge in [-0.05, 0) is 0 Å². The molecule has 0 fully saturated rings. The molecule has 0 aliphatic rings. The fraction of sp³-hybridized carbons (Fsp3) is 0.500. The van der Waals surface area contributed by atoms with Crippen LogP contribution in [0.4, 0.5) is 13.2 Å². The van der Waals surface area contributed by atoms with E-state index in [1.165, 1.54) is 0 Å². The normalized spacial score (nSPS) is 8.50. The summed E-state index contributed by atoms with van der Waals surface area (Å²) in [5, 5.41) is 0. The van der Waals surface area contributed by atoms with Crippen molar-refractivity contribution in [3.8, 4) is 0 Å². The van der Waals surface area contributed by atoms with Crippen molar-refractivity contribution in [2.75, 3.05) is 0 Å². The van der Waals surface area contributed by atoms with Gasteiger partial charge in [0.05, 0.1) is 0 Å². The van der Waals surface area contributed by atoms with Crippen molar-refractivity contribution in [2.24, 2.45) is 0 Å². The fourth-order valence-electron chi connectivity index (χ4n) is 0. The van der Waals surface area contributed by atoms with Gasteiger partial charge in [-0.2, -0.15) is 20.1 Å². The van der Waals surface area contributed by atoms with E-state index >= 15 is 0 Å². The largest absolute Gasteiger partial charge is 2.00 e. The zero-order valence-corrected chi connectivity index (χ0v) is 8.42.